The van der Waals surface area contributed by atoms with E-state index in [2.05, 4.69) is 4.90 Å². The van der Waals surface area contributed by atoms with Crippen molar-refractivity contribution < 1.29 is 14.3 Å². The number of anilines is 1. The van der Waals surface area contributed by atoms with E-state index in [1.54, 1.807) is 0 Å². The number of rotatable bonds is 5. The van der Waals surface area contributed by atoms with Crippen LogP contribution in [0.2, 0.25) is 0 Å². The number of aldehydes is 1. The summed E-state index contributed by atoms with van der Waals surface area (Å²) in [5.74, 6) is -0.851. The van der Waals surface area contributed by atoms with Gasteiger partial charge in [0.05, 0.1) is 13.0 Å². The van der Waals surface area contributed by atoms with Gasteiger partial charge >= 0.3 is 5.97 Å². The lowest BCUT2D eigenvalue weighted by molar-refractivity contribution is -0.143. The van der Waals surface area contributed by atoms with Crippen LogP contribution in [-0.4, -0.2) is 32.5 Å². The fraction of sp³-hybridized carbons (Fsp3) is 0.467. The second-order valence-corrected chi connectivity index (χ2v) is 4.76. The fourth-order valence-electron chi connectivity index (χ4n) is 2.50. The molecule has 0 amide bonds. The maximum absolute atomic E-state index is 11.7. The van der Waals surface area contributed by atoms with E-state index < -0.39 is 5.92 Å². The highest BCUT2D eigenvalue weighted by molar-refractivity contribution is 5.81. The van der Waals surface area contributed by atoms with E-state index in [-0.39, 0.29) is 12.4 Å². The predicted octanol–water partition coefficient (Wildman–Crippen LogP) is 2.13. The molecule has 1 heterocycles. The quantitative estimate of drug-likeness (QED) is 0.602. The molecular weight excluding hydrogens is 242 g/mol. The fourth-order valence-corrected chi connectivity index (χ4v) is 2.50. The first kappa shape index (κ1) is 13.6. The summed E-state index contributed by atoms with van der Waals surface area (Å²) in [4.78, 5) is 24.7. The number of methoxy groups -OCH3 is 1. The first-order valence-corrected chi connectivity index (χ1v) is 6.62. The lowest BCUT2D eigenvalue weighted by Gasteiger charge is -2.19. The normalized spacial score (nSPS) is 16.2. The summed E-state index contributed by atoms with van der Waals surface area (Å²) in [6.45, 7) is 2.18. The first-order chi connectivity index (χ1) is 9.26. The molecule has 0 aliphatic carbocycles. The van der Waals surface area contributed by atoms with Crippen molar-refractivity contribution in [2.24, 2.45) is 0 Å². The largest absolute Gasteiger partial charge is 0.469 e. The topological polar surface area (TPSA) is 46.6 Å². The molecule has 0 bridgehead atoms. The minimum absolute atomic E-state index is 0.162. The molecule has 1 aliphatic heterocycles. The Morgan fingerprint density at radius 2 is 1.95 bits per heavy atom. The third-order valence-electron chi connectivity index (χ3n) is 3.58. The van der Waals surface area contributed by atoms with Crippen LogP contribution in [-0.2, 0) is 14.3 Å². The number of ether oxygens (including phenoxy) is 1. The SMILES string of the molecule is COC(=O)C(CC=O)c1ccc(N2CCCC2)cc1. The van der Waals surface area contributed by atoms with E-state index in [0.29, 0.717) is 0 Å². The van der Waals surface area contributed by atoms with E-state index in [4.69, 9.17) is 4.74 Å². The second kappa shape index (κ2) is 6.36. The zero-order chi connectivity index (χ0) is 13.7. The molecule has 1 saturated heterocycles. The minimum Gasteiger partial charge on any atom is -0.469 e. The Morgan fingerprint density at radius 1 is 1.32 bits per heavy atom. The molecule has 0 saturated carbocycles. The molecule has 2 rings (SSSR count). The molecule has 1 aliphatic rings. The third kappa shape index (κ3) is 3.13. The van der Waals surface area contributed by atoms with Gasteiger partial charge in [0.2, 0.25) is 0 Å². The van der Waals surface area contributed by atoms with Crippen molar-refractivity contribution in [2.45, 2.75) is 25.2 Å². The van der Waals surface area contributed by atoms with Gasteiger partial charge in [0.25, 0.3) is 0 Å². The monoisotopic (exact) mass is 261 g/mol. The van der Waals surface area contributed by atoms with Gasteiger partial charge in [-0.1, -0.05) is 12.1 Å². The Bertz CT molecular complexity index is 435. The van der Waals surface area contributed by atoms with E-state index >= 15 is 0 Å². The Kier molecular flexibility index (Phi) is 4.55. The molecule has 0 spiro atoms. The maximum atomic E-state index is 11.7. The van der Waals surface area contributed by atoms with Gasteiger partial charge in [-0.2, -0.15) is 0 Å². The van der Waals surface area contributed by atoms with E-state index in [0.717, 1.165) is 24.9 Å². The third-order valence-corrected chi connectivity index (χ3v) is 3.58. The molecule has 1 unspecified atom stereocenters. The van der Waals surface area contributed by atoms with Crippen molar-refractivity contribution in [2.75, 3.05) is 25.1 Å². The van der Waals surface area contributed by atoms with Gasteiger partial charge in [-0.3, -0.25) is 4.79 Å². The Hall–Kier alpha value is -1.84. The number of hydrogen-bond acceptors (Lipinski definition) is 4. The Labute approximate surface area is 113 Å². The van der Waals surface area contributed by atoms with Crippen molar-refractivity contribution in [3.8, 4) is 0 Å². The number of nitrogens with zero attached hydrogens (tertiary/aromatic N) is 1. The van der Waals surface area contributed by atoms with Crippen LogP contribution < -0.4 is 4.90 Å². The zero-order valence-corrected chi connectivity index (χ0v) is 11.2. The summed E-state index contributed by atoms with van der Waals surface area (Å²) in [5.41, 5.74) is 2.01. The van der Waals surface area contributed by atoms with Gasteiger partial charge in [-0.05, 0) is 30.5 Å². The van der Waals surface area contributed by atoms with Gasteiger partial charge in [0.15, 0.2) is 0 Å². The van der Waals surface area contributed by atoms with E-state index in [1.807, 2.05) is 24.3 Å². The zero-order valence-electron chi connectivity index (χ0n) is 11.2. The summed E-state index contributed by atoms with van der Waals surface area (Å²) in [5, 5.41) is 0. The van der Waals surface area contributed by atoms with E-state index in [1.165, 1.54) is 25.6 Å². The smallest absolute Gasteiger partial charge is 0.313 e. The van der Waals surface area contributed by atoms with Gasteiger partial charge in [-0.25, -0.2) is 0 Å². The highest BCUT2D eigenvalue weighted by Gasteiger charge is 2.21. The second-order valence-electron chi connectivity index (χ2n) is 4.76. The molecular formula is C15H19NO3. The van der Waals surface area contributed by atoms with Crippen molar-refractivity contribution >= 4 is 17.9 Å². The molecule has 1 aromatic rings. The highest BCUT2D eigenvalue weighted by atomic mass is 16.5. The Morgan fingerprint density at radius 3 is 2.47 bits per heavy atom. The summed E-state index contributed by atoms with van der Waals surface area (Å²) < 4.78 is 4.74. The standard InChI is InChI=1S/C15H19NO3/c1-19-15(18)14(8-11-17)12-4-6-13(7-5-12)16-9-2-3-10-16/h4-7,11,14H,2-3,8-10H2,1H3. The van der Waals surface area contributed by atoms with Gasteiger partial charge in [0, 0.05) is 25.2 Å². The number of hydrogen-bond donors (Lipinski definition) is 0. The van der Waals surface area contributed by atoms with Crippen LogP contribution in [0.4, 0.5) is 5.69 Å². The molecule has 0 radical (unpaired) electrons. The summed E-state index contributed by atoms with van der Waals surface area (Å²) in [6.07, 6.45) is 3.39. The molecule has 1 fully saturated rings. The van der Waals surface area contributed by atoms with Crippen molar-refractivity contribution in [3.63, 3.8) is 0 Å². The minimum atomic E-state index is -0.491. The molecule has 4 heteroatoms. The van der Waals surface area contributed by atoms with Crippen LogP contribution in [0.1, 0.15) is 30.7 Å². The number of carbonyl (C=O) groups excluding carboxylic acids is 2. The summed E-state index contributed by atoms with van der Waals surface area (Å²) >= 11 is 0. The predicted molar refractivity (Wildman–Crippen MR) is 73.3 cm³/mol. The van der Waals surface area contributed by atoms with Crippen LogP contribution in [0.5, 0.6) is 0 Å². The average molecular weight is 261 g/mol. The van der Waals surface area contributed by atoms with Crippen LogP contribution in [0.25, 0.3) is 0 Å². The molecule has 19 heavy (non-hydrogen) atoms. The van der Waals surface area contributed by atoms with Crippen molar-refractivity contribution in [3.05, 3.63) is 29.8 Å². The highest BCUT2D eigenvalue weighted by Crippen LogP contribution is 2.25. The first-order valence-electron chi connectivity index (χ1n) is 6.62. The van der Waals surface area contributed by atoms with E-state index in [9.17, 15) is 9.59 Å². The lowest BCUT2D eigenvalue weighted by atomic mass is 9.96. The average Bonchev–Trinajstić information content (AvgIpc) is 2.98. The van der Waals surface area contributed by atoms with Gasteiger partial charge in [0.1, 0.15) is 6.29 Å². The van der Waals surface area contributed by atoms with Crippen molar-refractivity contribution in [1.82, 2.24) is 0 Å². The molecule has 102 valence electrons. The van der Waals surface area contributed by atoms with Gasteiger partial charge in [-0.15, -0.1) is 0 Å². The van der Waals surface area contributed by atoms with Crippen molar-refractivity contribution in [1.29, 1.82) is 0 Å². The molecule has 0 aromatic heterocycles. The molecule has 1 atom stereocenters. The van der Waals surface area contributed by atoms with Crippen LogP contribution in [0.15, 0.2) is 24.3 Å². The summed E-state index contributed by atoms with van der Waals surface area (Å²) in [6, 6.07) is 7.86. The number of esters is 1. The van der Waals surface area contributed by atoms with Crippen LogP contribution >= 0.6 is 0 Å². The molecule has 0 N–H and O–H groups in total. The number of benzene rings is 1. The maximum Gasteiger partial charge on any atom is 0.313 e. The molecule has 4 nitrogen and oxygen atoms in total. The Balaban J connectivity index is 2.14. The van der Waals surface area contributed by atoms with Crippen LogP contribution in [0, 0.1) is 0 Å². The lowest BCUT2D eigenvalue weighted by Crippen LogP contribution is -2.18. The molecule has 1 aromatic carbocycles. The van der Waals surface area contributed by atoms with Crippen LogP contribution in [0.3, 0.4) is 0 Å². The van der Waals surface area contributed by atoms with Gasteiger partial charge < -0.3 is 14.4 Å². The number of carbonyl (C=O) groups is 2. The summed E-state index contributed by atoms with van der Waals surface area (Å²) in [7, 11) is 1.35.